The molecule has 1 saturated heterocycles. The van der Waals surface area contributed by atoms with Gasteiger partial charge in [0.1, 0.15) is 5.82 Å². The molecule has 0 spiro atoms. The molecule has 23 heavy (non-hydrogen) atoms. The largest absolute Gasteiger partial charge is 0.481 e. The summed E-state index contributed by atoms with van der Waals surface area (Å²) in [7, 11) is 0. The Morgan fingerprint density at radius 2 is 2.22 bits per heavy atom. The number of carboxylic acid groups (broad SMARTS) is 1. The molecule has 3 N–H and O–H groups in total. The molecule has 4 rings (SSSR count). The van der Waals surface area contributed by atoms with Crippen molar-refractivity contribution in [2.75, 3.05) is 23.7 Å². The van der Waals surface area contributed by atoms with Crippen molar-refractivity contribution >= 4 is 17.7 Å². The van der Waals surface area contributed by atoms with Crippen LogP contribution in [-0.2, 0) is 4.79 Å². The summed E-state index contributed by atoms with van der Waals surface area (Å²) in [5, 5.41) is 13.9. The van der Waals surface area contributed by atoms with Crippen molar-refractivity contribution in [1.29, 1.82) is 0 Å². The van der Waals surface area contributed by atoms with Crippen LogP contribution in [0.15, 0.2) is 24.5 Å². The summed E-state index contributed by atoms with van der Waals surface area (Å²) in [6.07, 6.45) is 6.11. The third kappa shape index (κ3) is 2.13. The first-order valence-corrected chi connectivity index (χ1v) is 7.71. The van der Waals surface area contributed by atoms with Crippen LogP contribution in [0.5, 0.6) is 0 Å². The van der Waals surface area contributed by atoms with E-state index >= 15 is 0 Å². The van der Waals surface area contributed by atoms with Crippen LogP contribution in [0.2, 0.25) is 0 Å². The molecule has 0 unspecified atom stereocenters. The highest BCUT2D eigenvalue weighted by Crippen LogP contribution is 2.49. The highest BCUT2D eigenvalue weighted by molar-refractivity contribution is 5.78. The van der Waals surface area contributed by atoms with Gasteiger partial charge in [-0.2, -0.15) is 15.1 Å². The van der Waals surface area contributed by atoms with E-state index in [2.05, 4.69) is 15.1 Å². The molecule has 2 aromatic heterocycles. The van der Waals surface area contributed by atoms with Crippen LogP contribution in [0.3, 0.4) is 0 Å². The van der Waals surface area contributed by atoms with E-state index in [0.29, 0.717) is 24.7 Å². The van der Waals surface area contributed by atoms with Crippen LogP contribution in [-0.4, -0.2) is 43.9 Å². The minimum absolute atomic E-state index is 0.162. The van der Waals surface area contributed by atoms with Crippen molar-refractivity contribution in [1.82, 2.24) is 19.7 Å². The lowest BCUT2D eigenvalue weighted by molar-refractivity contribution is -0.149. The number of aromatic nitrogens is 4. The van der Waals surface area contributed by atoms with Crippen LogP contribution in [0.1, 0.15) is 19.3 Å². The second-order valence-electron chi connectivity index (χ2n) is 6.32. The van der Waals surface area contributed by atoms with Crippen molar-refractivity contribution in [3.63, 3.8) is 0 Å². The third-order valence-corrected chi connectivity index (χ3v) is 5.08. The highest BCUT2D eigenvalue weighted by atomic mass is 16.4. The SMILES string of the molecule is Nc1nc(N2C[C@@H]3CCC[C@@]3(C(=O)O)C2)cc(-n2cccn2)n1. The summed E-state index contributed by atoms with van der Waals surface area (Å²) in [6, 6.07) is 3.61. The highest BCUT2D eigenvalue weighted by Gasteiger charge is 2.55. The van der Waals surface area contributed by atoms with E-state index < -0.39 is 11.4 Å². The summed E-state index contributed by atoms with van der Waals surface area (Å²) in [4.78, 5) is 22.3. The van der Waals surface area contributed by atoms with Crippen molar-refractivity contribution < 1.29 is 9.90 Å². The average molecular weight is 314 g/mol. The molecule has 120 valence electrons. The summed E-state index contributed by atoms with van der Waals surface area (Å²) >= 11 is 0. The number of hydrogen-bond donors (Lipinski definition) is 2. The van der Waals surface area contributed by atoms with Crippen LogP contribution in [0.25, 0.3) is 5.82 Å². The third-order valence-electron chi connectivity index (χ3n) is 5.08. The molecule has 0 bridgehead atoms. The predicted molar refractivity (Wildman–Crippen MR) is 83.2 cm³/mol. The van der Waals surface area contributed by atoms with Gasteiger partial charge in [-0.25, -0.2) is 4.68 Å². The van der Waals surface area contributed by atoms with Gasteiger partial charge in [0.15, 0.2) is 5.82 Å². The molecule has 2 atom stereocenters. The van der Waals surface area contributed by atoms with Gasteiger partial charge in [0.25, 0.3) is 0 Å². The number of carbonyl (C=O) groups is 1. The number of fused-ring (bicyclic) bond motifs is 1. The molecule has 2 fully saturated rings. The van der Waals surface area contributed by atoms with E-state index in [0.717, 1.165) is 19.3 Å². The van der Waals surface area contributed by atoms with Gasteiger partial charge < -0.3 is 15.7 Å². The Balaban J connectivity index is 1.68. The Hall–Kier alpha value is -2.64. The smallest absolute Gasteiger partial charge is 0.311 e. The van der Waals surface area contributed by atoms with E-state index in [4.69, 9.17) is 5.73 Å². The first-order chi connectivity index (χ1) is 11.1. The van der Waals surface area contributed by atoms with Crippen molar-refractivity contribution in [2.45, 2.75) is 19.3 Å². The standard InChI is InChI=1S/C15H18N6O2/c16-14-18-11(7-12(19-14)21-6-2-5-17-21)20-8-10-3-1-4-15(10,9-20)13(22)23/h2,5-7,10H,1,3-4,8-9H2,(H,22,23)(H2,16,18,19)/t10-,15+/m0/s1. The fourth-order valence-corrected chi connectivity index (χ4v) is 3.94. The van der Waals surface area contributed by atoms with Crippen LogP contribution >= 0.6 is 0 Å². The molecule has 8 nitrogen and oxygen atoms in total. The quantitative estimate of drug-likeness (QED) is 0.867. The zero-order valence-electron chi connectivity index (χ0n) is 12.6. The van der Waals surface area contributed by atoms with Gasteiger partial charge in [-0.15, -0.1) is 0 Å². The Kier molecular flexibility index (Phi) is 3.00. The maximum absolute atomic E-state index is 11.8. The number of nitrogens with zero attached hydrogens (tertiary/aromatic N) is 5. The predicted octanol–water partition coefficient (Wildman–Crippen LogP) is 0.936. The molecule has 3 heterocycles. The fourth-order valence-electron chi connectivity index (χ4n) is 3.94. The van der Waals surface area contributed by atoms with Gasteiger partial charge in [-0.3, -0.25) is 4.79 Å². The lowest BCUT2D eigenvalue weighted by Crippen LogP contribution is -2.35. The minimum atomic E-state index is -0.697. The Labute approximate surface area is 132 Å². The van der Waals surface area contributed by atoms with Crippen LogP contribution in [0.4, 0.5) is 11.8 Å². The van der Waals surface area contributed by atoms with E-state index in [1.54, 1.807) is 29.2 Å². The van der Waals surface area contributed by atoms with Gasteiger partial charge in [-0.05, 0) is 24.8 Å². The normalized spacial score (nSPS) is 26.4. The number of hydrogen-bond acceptors (Lipinski definition) is 6. The van der Waals surface area contributed by atoms with Gasteiger partial charge >= 0.3 is 5.97 Å². The topological polar surface area (TPSA) is 110 Å². The van der Waals surface area contributed by atoms with E-state index in [-0.39, 0.29) is 11.9 Å². The molecular weight excluding hydrogens is 296 g/mol. The van der Waals surface area contributed by atoms with E-state index in [9.17, 15) is 9.90 Å². The molecule has 0 amide bonds. The van der Waals surface area contributed by atoms with Gasteiger partial charge in [0.05, 0.1) is 5.41 Å². The maximum Gasteiger partial charge on any atom is 0.311 e. The number of aliphatic carboxylic acids is 1. The van der Waals surface area contributed by atoms with Crippen LogP contribution in [0, 0.1) is 11.3 Å². The van der Waals surface area contributed by atoms with E-state index in [1.165, 1.54) is 0 Å². The monoisotopic (exact) mass is 314 g/mol. The number of nitrogens with two attached hydrogens (primary N) is 1. The Morgan fingerprint density at radius 1 is 1.39 bits per heavy atom. The van der Waals surface area contributed by atoms with Crippen molar-refractivity contribution in [3.05, 3.63) is 24.5 Å². The average Bonchev–Trinajstić information content (AvgIpc) is 3.22. The molecule has 2 aromatic rings. The van der Waals surface area contributed by atoms with Crippen molar-refractivity contribution in [2.24, 2.45) is 11.3 Å². The maximum atomic E-state index is 11.8. The molecule has 0 radical (unpaired) electrons. The molecular formula is C15H18N6O2. The summed E-state index contributed by atoms with van der Waals surface area (Å²) < 4.78 is 1.62. The van der Waals surface area contributed by atoms with Gasteiger partial charge in [-0.1, -0.05) is 6.42 Å². The molecule has 1 aliphatic carbocycles. The first-order valence-electron chi connectivity index (χ1n) is 7.71. The molecule has 1 aliphatic heterocycles. The number of carboxylic acids is 1. The van der Waals surface area contributed by atoms with Gasteiger partial charge in [0.2, 0.25) is 5.95 Å². The minimum Gasteiger partial charge on any atom is -0.481 e. The summed E-state index contributed by atoms with van der Waals surface area (Å²) in [5.41, 5.74) is 5.19. The zero-order valence-corrected chi connectivity index (χ0v) is 12.6. The van der Waals surface area contributed by atoms with Crippen LogP contribution < -0.4 is 10.6 Å². The number of anilines is 2. The second-order valence-corrected chi connectivity index (χ2v) is 6.32. The molecule has 1 saturated carbocycles. The summed E-state index contributed by atoms with van der Waals surface area (Å²) in [6.45, 7) is 1.17. The lowest BCUT2D eigenvalue weighted by atomic mass is 9.81. The number of rotatable bonds is 3. The Bertz CT molecular complexity index is 746. The fraction of sp³-hybridized carbons (Fsp3) is 0.467. The van der Waals surface area contributed by atoms with Gasteiger partial charge in [0, 0.05) is 31.5 Å². The van der Waals surface area contributed by atoms with Crippen molar-refractivity contribution in [3.8, 4) is 5.82 Å². The first kappa shape index (κ1) is 14.0. The molecule has 8 heteroatoms. The Morgan fingerprint density at radius 3 is 2.91 bits per heavy atom. The zero-order chi connectivity index (χ0) is 16.0. The molecule has 2 aliphatic rings. The summed E-state index contributed by atoms with van der Waals surface area (Å²) in [5.74, 6) is 0.882. The number of nitrogen functional groups attached to an aromatic ring is 1. The van der Waals surface area contributed by atoms with E-state index in [1.807, 2.05) is 4.90 Å². The molecule has 0 aromatic carbocycles. The second kappa shape index (κ2) is 4.94. The lowest BCUT2D eigenvalue weighted by Gasteiger charge is -2.23.